The number of nitrogens with zero attached hydrogens (tertiary/aromatic N) is 2. The lowest BCUT2D eigenvalue weighted by Crippen LogP contribution is -2.24. The molecule has 0 amide bonds. The van der Waals surface area contributed by atoms with Crippen LogP contribution in [0.15, 0.2) is 36.4 Å². The van der Waals surface area contributed by atoms with E-state index in [4.69, 9.17) is 0 Å². The van der Waals surface area contributed by atoms with Crippen molar-refractivity contribution in [3.63, 3.8) is 0 Å². The van der Waals surface area contributed by atoms with Crippen LogP contribution in [-0.2, 0) is 0 Å². The number of hydrogen-bond donors (Lipinski definition) is 3. The van der Waals surface area contributed by atoms with Crippen molar-refractivity contribution in [2.24, 2.45) is 10.8 Å². The lowest BCUT2D eigenvalue weighted by molar-refractivity contribution is 0.0275. The van der Waals surface area contributed by atoms with Gasteiger partial charge in [-0.25, -0.2) is 9.97 Å². The summed E-state index contributed by atoms with van der Waals surface area (Å²) in [6, 6.07) is 11.0. The van der Waals surface area contributed by atoms with Crippen LogP contribution in [0.4, 0.5) is 0 Å². The van der Waals surface area contributed by atoms with Gasteiger partial charge in [0, 0.05) is 6.61 Å². The highest BCUT2D eigenvalue weighted by atomic mass is 16.3. The molecule has 0 bridgehead atoms. The topological polar surface area (TPSA) is 86.5 Å². The first-order valence-corrected chi connectivity index (χ1v) is 8.97. The van der Waals surface area contributed by atoms with Gasteiger partial charge in [-0.1, -0.05) is 46.8 Å². The van der Waals surface area contributed by atoms with Crippen LogP contribution in [0.5, 0.6) is 0 Å². The van der Waals surface area contributed by atoms with E-state index in [2.05, 4.69) is 9.97 Å². The van der Waals surface area contributed by atoms with Gasteiger partial charge in [-0.2, -0.15) is 0 Å². The van der Waals surface area contributed by atoms with E-state index in [0.717, 1.165) is 0 Å². The maximum absolute atomic E-state index is 10.7. The molecule has 0 unspecified atom stereocenters. The van der Waals surface area contributed by atoms with Crippen molar-refractivity contribution >= 4 is 0 Å². The molecule has 0 radical (unpaired) electrons. The van der Waals surface area contributed by atoms with Crippen LogP contribution in [0.2, 0.25) is 0 Å². The van der Waals surface area contributed by atoms with E-state index in [9.17, 15) is 15.3 Å². The van der Waals surface area contributed by atoms with Crippen molar-refractivity contribution in [1.82, 2.24) is 9.97 Å². The predicted octanol–water partition coefficient (Wildman–Crippen LogP) is 3.67. The van der Waals surface area contributed by atoms with Crippen molar-refractivity contribution in [2.75, 3.05) is 6.61 Å². The second kappa shape index (κ2) is 7.82. The number of hydrogen-bond acceptors (Lipinski definition) is 5. The molecule has 0 saturated carbocycles. The van der Waals surface area contributed by atoms with Gasteiger partial charge in [0.15, 0.2) is 0 Å². The molecule has 0 fully saturated rings. The largest absolute Gasteiger partial charge is 0.396 e. The number of aliphatic hydroxyl groups excluding tert-OH is 3. The second-order valence-electron chi connectivity index (χ2n) is 8.53. The predicted molar refractivity (Wildman–Crippen MR) is 102 cm³/mol. The fraction of sp³-hybridized carbons (Fsp3) is 0.524. The third-order valence-electron chi connectivity index (χ3n) is 4.68. The van der Waals surface area contributed by atoms with Crippen LogP contribution in [0.1, 0.15) is 64.6 Å². The molecule has 0 aromatic carbocycles. The molecule has 0 aliphatic carbocycles. The molecular weight excluding hydrogens is 328 g/mol. The summed E-state index contributed by atoms with van der Waals surface area (Å²) in [6.07, 6.45) is -0.997. The summed E-state index contributed by atoms with van der Waals surface area (Å²) in [5.74, 6) is 0. The maximum atomic E-state index is 10.7. The van der Waals surface area contributed by atoms with Gasteiger partial charge >= 0.3 is 0 Å². The van der Waals surface area contributed by atoms with Crippen LogP contribution in [0, 0.1) is 10.8 Å². The summed E-state index contributed by atoms with van der Waals surface area (Å²) in [7, 11) is 0. The summed E-state index contributed by atoms with van der Waals surface area (Å²) in [4.78, 5) is 9.15. The van der Waals surface area contributed by atoms with Crippen LogP contribution >= 0.6 is 0 Å². The van der Waals surface area contributed by atoms with Crippen molar-refractivity contribution in [3.05, 3.63) is 47.8 Å². The lowest BCUT2D eigenvalue weighted by Gasteiger charge is -2.29. The van der Waals surface area contributed by atoms with E-state index in [-0.39, 0.29) is 12.0 Å². The molecule has 142 valence electrons. The minimum Gasteiger partial charge on any atom is -0.396 e. The molecule has 2 aromatic rings. The fourth-order valence-corrected chi connectivity index (χ4v) is 2.76. The Labute approximate surface area is 155 Å². The van der Waals surface area contributed by atoms with Gasteiger partial charge in [0.25, 0.3) is 0 Å². The molecule has 3 N–H and O–H groups in total. The van der Waals surface area contributed by atoms with Gasteiger partial charge in [0.2, 0.25) is 0 Å². The molecule has 2 heterocycles. The fourth-order valence-electron chi connectivity index (χ4n) is 2.76. The minimum absolute atomic E-state index is 0.0119. The number of aromatic nitrogens is 2. The monoisotopic (exact) mass is 358 g/mol. The molecular formula is C21H30N2O3. The Hall–Kier alpha value is -1.82. The third kappa shape index (κ3) is 4.67. The second-order valence-corrected chi connectivity index (χ2v) is 8.53. The molecule has 5 nitrogen and oxygen atoms in total. The average molecular weight is 358 g/mol. The lowest BCUT2D eigenvalue weighted by atomic mass is 9.81. The average Bonchev–Trinajstić information content (AvgIpc) is 2.60. The minimum atomic E-state index is -0.794. The SMILES string of the molecule is CC(C)(C)[C@H](O)c1cccc(-c2cccc([C@@H](O)C(C)(C)CCO)n2)n1. The molecule has 0 aliphatic heterocycles. The summed E-state index contributed by atoms with van der Waals surface area (Å²) >= 11 is 0. The molecule has 0 aliphatic rings. The summed E-state index contributed by atoms with van der Waals surface area (Å²) in [5, 5.41) is 30.4. The van der Waals surface area contributed by atoms with Crippen LogP contribution < -0.4 is 0 Å². The Balaban J connectivity index is 2.36. The Bertz CT molecular complexity index is 738. The van der Waals surface area contributed by atoms with E-state index >= 15 is 0 Å². The number of pyridine rings is 2. The maximum Gasteiger partial charge on any atom is 0.101 e. The van der Waals surface area contributed by atoms with E-state index in [1.807, 2.05) is 65.0 Å². The van der Waals surface area contributed by atoms with Crippen molar-refractivity contribution in [2.45, 2.75) is 53.2 Å². The van der Waals surface area contributed by atoms with Gasteiger partial charge in [0.1, 0.15) is 12.2 Å². The zero-order chi connectivity index (χ0) is 19.5. The highest BCUT2D eigenvalue weighted by Crippen LogP contribution is 2.36. The van der Waals surface area contributed by atoms with Crippen molar-refractivity contribution < 1.29 is 15.3 Å². The standard InChI is InChI=1S/C21H30N2O3/c1-20(2,3)18(25)16-10-6-8-14(22-16)15-9-7-11-17(23-15)19(26)21(4,5)12-13-24/h6-11,18-19,24-26H,12-13H2,1-5H3/t18-,19-/m1/s1. The zero-order valence-electron chi connectivity index (χ0n) is 16.3. The van der Waals surface area contributed by atoms with Crippen molar-refractivity contribution in [3.8, 4) is 11.4 Å². The van der Waals surface area contributed by atoms with Gasteiger partial charge in [-0.15, -0.1) is 0 Å². The molecule has 2 atom stereocenters. The highest BCUT2D eigenvalue weighted by molar-refractivity contribution is 5.54. The Kier molecular flexibility index (Phi) is 6.17. The molecule has 0 spiro atoms. The Morgan fingerprint density at radius 1 is 0.808 bits per heavy atom. The molecule has 2 aromatic heterocycles. The van der Waals surface area contributed by atoms with Crippen LogP contribution in [0.25, 0.3) is 11.4 Å². The number of aliphatic hydroxyl groups is 3. The van der Waals surface area contributed by atoms with Gasteiger partial charge in [-0.3, -0.25) is 0 Å². The van der Waals surface area contributed by atoms with Gasteiger partial charge < -0.3 is 15.3 Å². The summed E-state index contributed by atoms with van der Waals surface area (Å²) in [6.45, 7) is 9.71. The quantitative estimate of drug-likeness (QED) is 0.733. The Morgan fingerprint density at radius 3 is 1.69 bits per heavy atom. The summed E-state index contributed by atoms with van der Waals surface area (Å²) < 4.78 is 0. The zero-order valence-corrected chi connectivity index (χ0v) is 16.3. The molecule has 26 heavy (non-hydrogen) atoms. The van der Waals surface area contributed by atoms with E-state index in [1.165, 1.54) is 0 Å². The Morgan fingerprint density at radius 2 is 1.27 bits per heavy atom. The normalized spacial score (nSPS) is 14.9. The molecule has 2 rings (SSSR count). The molecule has 5 heteroatoms. The third-order valence-corrected chi connectivity index (χ3v) is 4.68. The first kappa shape index (κ1) is 20.5. The highest BCUT2D eigenvalue weighted by Gasteiger charge is 2.30. The molecule has 0 saturated heterocycles. The van der Waals surface area contributed by atoms with Gasteiger partial charge in [-0.05, 0) is 41.5 Å². The van der Waals surface area contributed by atoms with E-state index in [1.54, 1.807) is 6.07 Å². The number of rotatable bonds is 6. The van der Waals surface area contributed by atoms with E-state index in [0.29, 0.717) is 29.2 Å². The van der Waals surface area contributed by atoms with Gasteiger partial charge in [0.05, 0.1) is 22.8 Å². The summed E-state index contributed by atoms with van der Waals surface area (Å²) in [5.41, 5.74) is 1.64. The van der Waals surface area contributed by atoms with Crippen LogP contribution in [0.3, 0.4) is 0 Å². The first-order chi connectivity index (χ1) is 12.1. The van der Waals surface area contributed by atoms with Crippen LogP contribution in [-0.4, -0.2) is 31.9 Å². The van der Waals surface area contributed by atoms with E-state index < -0.39 is 17.6 Å². The smallest absolute Gasteiger partial charge is 0.101 e. The van der Waals surface area contributed by atoms with Crippen molar-refractivity contribution in [1.29, 1.82) is 0 Å². The first-order valence-electron chi connectivity index (χ1n) is 8.97.